The highest BCUT2D eigenvalue weighted by atomic mass is 35.5. The fourth-order valence-corrected chi connectivity index (χ4v) is 2.27. The highest BCUT2D eigenvalue weighted by Gasteiger charge is 2.25. The Kier molecular flexibility index (Phi) is 3.67. The molecule has 0 N–H and O–H groups in total. The van der Waals surface area contributed by atoms with Crippen LogP contribution in [0.4, 0.5) is 0 Å². The molecule has 0 radical (unpaired) electrons. The van der Waals surface area contributed by atoms with Gasteiger partial charge in [0.1, 0.15) is 0 Å². The van der Waals surface area contributed by atoms with Crippen molar-refractivity contribution < 1.29 is 0 Å². The Bertz CT molecular complexity index is 112. The maximum Gasteiger partial charge on any atom is 0.0491 e. The molecule has 1 nitrogen and oxygen atoms in total. The van der Waals surface area contributed by atoms with Gasteiger partial charge in [0.05, 0.1) is 0 Å². The third-order valence-corrected chi connectivity index (χ3v) is 3.22. The summed E-state index contributed by atoms with van der Waals surface area (Å²) in [4.78, 5) is 2.37. The summed E-state index contributed by atoms with van der Waals surface area (Å²) in [6.45, 7) is 3.31. The van der Waals surface area contributed by atoms with Crippen molar-refractivity contribution in [1.82, 2.24) is 4.90 Å². The Morgan fingerprint density at radius 1 is 1.36 bits per heavy atom. The lowest BCUT2D eigenvalue weighted by Gasteiger charge is -2.34. The lowest BCUT2D eigenvalue weighted by molar-refractivity contribution is 0.204. The van der Waals surface area contributed by atoms with Gasteiger partial charge in [-0.15, -0.1) is 11.6 Å². The standard InChI is InChI=1S/C9H18ClN/c1-3-11(2)9-7-5-4-6-8(9)10/h8-9H,3-7H2,1-2H3. The summed E-state index contributed by atoms with van der Waals surface area (Å²) in [6, 6.07) is 0.635. The van der Waals surface area contributed by atoms with E-state index in [0.29, 0.717) is 11.4 Å². The quantitative estimate of drug-likeness (QED) is 0.583. The number of rotatable bonds is 2. The second-order valence-electron chi connectivity index (χ2n) is 3.44. The fourth-order valence-electron chi connectivity index (χ4n) is 1.80. The third kappa shape index (κ3) is 2.34. The summed E-state index contributed by atoms with van der Waals surface area (Å²) in [6.07, 6.45) is 5.18. The molecule has 1 aliphatic carbocycles. The van der Waals surface area contributed by atoms with Crippen molar-refractivity contribution in [2.45, 2.75) is 44.0 Å². The van der Waals surface area contributed by atoms with E-state index in [2.05, 4.69) is 18.9 Å². The molecule has 0 aromatic carbocycles. The molecule has 0 aromatic rings. The van der Waals surface area contributed by atoms with Gasteiger partial charge in [-0.1, -0.05) is 19.8 Å². The van der Waals surface area contributed by atoms with Crippen molar-refractivity contribution in [1.29, 1.82) is 0 Å². The molecule has 1 fully saturated rings. The van der Waals surface area contributed by atoms with Crippen molar-refractivity contribution in [2.75, 3.05) is 13.6 Å². The molecule has 1 saturated carbocycles. The maximum atomic E-state index is 6.21. The van der Waals surface area contributed by atoms with E-state index < -0.39 is 0 Å². The highest BCUT2D eigenvalue weighted by molar-refractivity contribution is 6.21. The van der Waals surface area contributed by atoms with Crippen molar-refractivity contribution in [2.24, 2.45) is 0 Å². The maximum absolute atomic E-state index is 6.21. The molecule has 0 saturated heterocycles. The van der Waals surface area contributed by atoms with Crippen molar-refractivity contribution in [3.63, 3.8) is 0 Å². The predicted molar refractivity (Wildman–Crippen MR) is 50.2 cm³/mol. The van der Waals surface area contributed by atoms with Crippen LogP contribution in [0.3, 0.4) is 0 Å². The van der Waals surface area contributed by atoms with E-state index in [0.717, 1.165) is 6.54 Å². The Labute approximate surface area is 74.7 Å². The van der Waals surface area contributed by atoms with Gasteiger partial charge in [-0.25, -0.2) is 0 Å². The van der Waals surface area contributed by atoms with E-state index in [1.165, 1.54) is 25.7 Å². The van der Waals surface area contributed by atoms with Crippen LogP contribution in [0.15, 0.2) is 0 Å². The molecular formula is C9H18ClN. The first kappa shape index (κ1) is 9.34. The minimum absolute atomic E-state index is 0.397. The van der Waals surface area contributed by atoms with Crippen molar-refractivity contribution in [3.8, 4) is 0 Å². The topological polar surface area (TPSA) is 3.24 Å². The van der Waals surface area contributed by atoms with Gasteiger partial charge in [-0.3, -0.25) is 0 Å². The number of nitrogens with zero attached hydrogens (tertiary/aromatic N) is 1. The van der Waals surface area contributed by atoms with E-state index in [-0.39, 0.29) is 0 Å². The van der Waals surface area contributed by atoms with Crippen LogP contribution in [0.5, 0.6) is 0 Å². The second-order valence-corrected chi connectivity index (χ2v) is 4.00. The molecule has 0 spiro atoms. The zero-order valence-electron chi connectivity index (χ0n) is 7.52. The summed E-state index contributed by atoms with van der Waals surface area (Å²) >= 11 is 6.21. The van der Waals surface area contributed by atoms with Gasteiger partial charge in [0.2, 0.25) is 0 Å². The van der Waals surface area contributed by atoms with Gasteiger partial charge < -0.3 is 4.90 Å². The monoisotopic (exact) mass is 175 g/mol. The van der Waals surface area contributed by atoms with Crippen molar-refractivity contribution >= 4 is 11.6 Å². The number of hydrogen-bond acceptors (Lipinski definition) is 1. The molecule has 0 heterocycles. The first-order chi connectivity index (χ1) is 5.25. The predicted octanol–water partition coefficient (Wildman–Crippen LogP) is 2.49. The average molecular weight is 176 g/mol. The number of hydrogen-bond donors (Lipinski definition) is 0. The molecule has 0 aliphatic heterocycles. The van der Waals surface area contributed by atoms with E-state index in [9.17, 15) is 0 Å². The highest BCUT2D eigenvalue weighted by Crippen LogP contribution is 2.26. The SMILES string of the molecule is CCN(C)C1CCCCC1Cl. The minimum atomic E-state index is 0.397. The Morgan fingerprint density at radius 3 is 2.55 bits per heavy atom. The van der Waals surface area contributed by atoms with Gasteiger partial charge in [0, 0.05) is 11.4 Å². The Hall–Kier alpha value is 0.250. The van der Waals surface area contributed by atoms with Gasteiger partial charge in [-0.05, 0) is 26.4 Å². The normalized spacial score (nSPS) is 32.7. The Morgan fingerprint density at radius 2 is 2.00 bits per heavy atom. The van der Waals surface area contributed by atoms with Crippen LogP contribution in [0.25, 0.3) is 0 Å². The van der Waals surface area contributed by atoms with Crippen LogP contribution < -0.4 is 0 Å². The lowest BCUT2D eigenvalue weighted by Crippen LogP contribution is -2.40. The molecule has 2 unspecified atom stereocenters. The Balaban J connectivity index is 2.40. The molecule has 0 amide bonds. The number of halogens is 1. The molecule has 0 aromatic heterocycles. The lowest BCUT2D eigenvalue weighted by atomic mass is 9.94. The third-order valence-electron chi connectivity index (χ3n) is 2.71. The molecule has 1 aliphatic rings. The summed E-state index contributed by atoms with van der Waals surface area (Å²) < 4.78 is 0. The summed E-state index contributed by atoms with van der Waals surface area (Å²) in [5.74, 6) is 0. The van der Waals surface area contributed by atoms with E-state index in [1.54, 1.807) is 0 Å². The first-order valence-electron chi connectivity index (χ1n) is 4.60. The van der Waals surface area contributed by atoms with Gasteiger partial charge >= 0.3 is 0 Å². The molecular weight excluding hydrogens is 158 g/mol. The molecule has 66 valence electrons. The van der Waals surface area contributed by atoms with Gasteiger partial charge in [0.15, 0.2) is 0 Å². The smallest absolute Gasteiger partial charge is 0.0491 e. The molecule has 1 rings (SSSR count). The molecule has 11 heavy (non-hydrogen) atoms. The van der Waals surface area contributed by atoms with E-state index in [4.69, 9.17) is 11.6 Å². The van der Waals surface area contributed by atoms with E-state index in [1.807, 2.05) is 0 Å². The first-order valence-corrected chi connectivity index (χ1v) is 5.03. The van der Waals surface area contributed by atoms with Crippen LogP contribution >= 0.6 is 11.6 Å². The van der Waals surface area contributed by atoms with Crippen LogP contribution in [0.2, 0.25) is 0 Å². The zero-order valence-corrected chi connectivity index (χ0v) is 8.27. The minimum Gasteiger partial charge on any atom is -0.302 e. The average Bonchev–Trinajstić information content (AvgIpc) is 2.04. The fraction of sp³-hybridized carbons (Fsp3) is 1.00. The molecule has 2 atom stereocenters. The van der Waals surface area contributed by atoms with Crippen molar-refractivity contribution in [3.05, 3.63) is 0 Å². The summed E-state index contributed by atoms with van der Waals surface area (Å²) in [5.41, 5.74) is 0. The van der Waals surface area contributed by atoms with Gasteiger partial charge in [-0.2, -0.15) is 0 Å². The van der Waals surface area contributed by atoms with Crippen LogP contribution in [-0.4, -0.2) is 29.9 Å². The summed E-state index contributed by atoms with van der Waals surface area (Å²) in [5, 5.41) is 0.397. The molecule has 0 bridgehead atoms. The largest absolute Gasteiger partial charge is 0.302 e. The van der Waals surface area contributed by atoms with Crippen LogP contribution in [0.1, 0.15) is 32.6 Å². The second kappa shape index (κ2) is 4.32. The van der Waals surface area contributed by atoms with Crippen LogP contribution in [-0.2, 0) is 0 Å². The zero-order chi connectivity index (χ0) is 8.27. The summed E-state index contributed by atoms with van der Waals surface area (Å²) in [7, 11) is 2.17. The van der Waals surface area contributed by atoms with Gasteiger partial charge in [0.25, 0.3) is 0 Å². The molecule has 2 heteroatoms. The van der Waals surface area contributed by atoms with E-state index >= 15 is 0 Å². The van der Waals surface area contributed by atoms with Crippen LogP contribution in [0, 0.1) is 0 Å². The number of alkyl halides is 1.